The molecule has 0 saturated carbocycles. The average molecular weight is 502 g/mol. The van der Waals surface area contributed by atoms with Gasteiger partial charge in [-0.25, -0.2) is 9.97 Å². The number of nitrogens with zero attached hydrogens (tertiary/aromatic N) is 5. The Hall–Kier alpha value is -3.60. The normalized spacial score (nSPS) is 11.4. The van der Waals surface area contributed by atoms with Crippen LogP contribution in [0.2, 0.25) is 10.0 Å². The smallest absolute Gasteiger partial charge is 0.256 e. The molecular formula is C22H21Cl2N7O3. The molecule has 0 bridgehead atoms. The fourth-order valence-electron chi connectivity index (χ4n) is 3.31. The lowest BCUT2D eigenvalue weighted by Gasteiger charge is -2.15. The number of aliphatic hydroxyl groups is 1. The number of halogens is 2. The number of carbonyl (C=O) groups excluding carboxylic acids is 1. The number of hydrogen-bond acceptors (Lipinski definition) is 8. The van der Waals surface area contributed by atoms with E-state index in [1.165, 1.54) is 12.4 Å². The lowest BCUT2D eigenvalue weighted by molar-refractivity contribution is 0.0970. The number of fused-ring (bicyclic) bond motifs is 1. The minimum Gasteiger partial charge on any atom is -0.396 e. The Balaban J connectivity index is 1.39. The first kappa shape index (κ1) is 23.6. The third-order valence-electron chi connectivity index (χ3n) is 5.03. The van der Waals surface area contributed by atoms with E-state index < -0.39 is 0 Å². The minimum atomic E-state index is -0.350. The van der Waals surface area contributed by atoms with Gasteiger partial charge in [0.1, 0.15) is 0 Å². The number of rotatable bonds is 8. The summed E-state index contributed by atoms with van der Waals surface area (Å²) in [6.45, 7) is 0.434. The molecule has 0 spiro atoms. The lowest BCUT2D eigenvalue weighted by atomic mass is 10.2. The molecule has 3 heterocycles. The number of nitrogens with one attached hydrogen (secondary N) is 1. The number of nitrogens with two attached hydrogens (primary N) is 1. The first-order valence-corrected chi connectivity index (χ1v) is 10.9. The van der Waals surface area contributed by atoms with Crippen LogP contribution >= 0.6 is 23.2 Å². The molecule has 0 aliphatic heterocycles. The molecule has 0 aliphatic rings. The summed E-state index contributed by atoms with van der Waals surface area (Å²) < 4.78 is 7.04. The number of aliphatic hydroxyl groups excluding tert-OH is 1. The van der Waals surface area contributed by atoms with Gasteiger partial charge in [0.15, 0.2) is 11.6 Å². The SMILES string of the molecule is CN(C/C=C/NC(=O)c1ccc(-n2cnc(CCO)c2)cc1Cl)c1ncc(Cl)c2c(N)noc12. The maximum atomic E-state index is 12.6. The van der Waals surface area contributed by atoms with Crippen molar-refractivity contribution in [2.24, 2.45) is 0 Å². The van der Waals surface area contributed by atoms with Crippen LogP contribution < -0.4 is 16.0 Å². The van der Waals surface area contributed by atoms with E-state index in [4.69, 9.17) is 38.6 Å². The molecule has 10 nitrogen and oxygen atoms in total. The van der Waals surface area contributed by atoms with Gasteiger partial charge in [-0.1, -0.05) is 28.4 Å². The first-order chi connectivity index (χ1) is 16.4. The van der Waals surface area contributed by atoms with Crippen LogP contribution in [0.5, 0.6) is 0 Å². The van der Waals surface area contributed by atoms with Crippen molar-refractivity contribution in [1.29, 1.82) is 0 Å². The zero-order valence-corrected chi connectivity index (χ0v) is 19.6. The molecule has 0 fully saturated rings. The summed E-state index contributed by atoms with van der Waals surface area (Å²) in [5.41, 5.74) is 8.04. The summed E-state index contributed by atoms with van der Waals surface area (Å²) in [5.74, 6) is 0.360. The molecule has 4 aromatic rings. The fraction of sp³-hybridized carbons (Fsp3) is 0.182. The van der Waals surface area contributed by atoms with Crippen molar-refractivity contribution in [3.8, 4) is 5.69 Å². The van der Waals surface area contributed by atoms with E-state index >= 15 is 0 Å². The van der Waals surface area contributed by atoms with Gasteiger partial charge in [-0.15, -0.1) is 0 Å². The molecule has 12 heteroatoms. The van der Waals surface area contributed by atoms with Crippen LogP contribution in [0.25, 0.3) is 16.7 Å². The Morgan fingerprint density at radius 2 is 2.15 bits per heavy atom. The highest BCUT2D eigenvalue weighted by molar-refractivity contribution is 6.36. The predicted octanol–water partition coefficient (Wildman–Crippen LogP) is 3.21. The molecular weight excluding hydrogens is 481 g/mol. The second-order valence-electron chi connectivity index (χ2n) is 7.37. The van der Waals surface area contributed by atoms with Crippen LogP contribution in [0.4, 0.5) is 11.6 Å². The highest BCUT2D eigenvalue weighted by Crippen LogP contribution is 2.33. The van der Waals surface area contributed by atoms with Crippen molar-refractivity contribution in [1.82, 2.24) is 25.0 Å². The number of nitrogen functional groups attached to an aromatic ring is 1. The monoisotopic (exact) mass is 501 g/mol. The number of benzene rings is 1. The molecule has 0 radical (unpaired) electrons. The third kappa shape index (κ3) is 4.84. The number of aromatic nitrogens is 4. The Morgan fingerprint density at radius 1 is 1.32 bits per heavy atom. The summed E-state index contributed by atoms with van der Waals surface area (Å²) in [6, 6.07) is 5.09. The van der Waals surface area contributed by atoms with Gasteiger partial charge in [-0.05, 0) is 24.3 Å². The standard InChI is InChI=1S/C22H21Cl2N7O3/c1-30(21-19-18(17(24)10-27-21)20(25)29-34-19)7-2-6-26-22(33)15-4-3-14(9-16(15)23)31-11-13(5-8-32)28-12-31/h2-4,6,9-12,32H,5,7-8H2,1H3,(H2,25,29)(H,26,33)/b6-2+. The summed E-state index contributed by atoms with van der Waals surface area (Å²) in [6.07, 6.45) is 8.66. The number of anilines is 2. The summed E-state index contributed by atoms with van der Waals surface area (Å²) in [4.78, 5) is 22.9. The van der Waals surface area contributed by atoms with Gasteiger partial charge in [-0.3, -0.25) is 4.79 Å². The van der Waals surface area contributed by atoms with E-state index in [9.17, 15) is 4.79 Å². The number of amides is 1. The van der Waals surface area contributed by atoms with Crippen molar-refractivity contribution in [2.75, 3.05) is 30.8 Å². The van der Waals surface area contributed by atoms with Gasteiger partial charge in [0.25, 0.3) is 5.91 Å². The minimum absolute atomic E-state index is 0.0232. The summed E-state index contributed by atoms with van der Waals surface area (Å²) in [7, 11) is 1.80. The molecule has 0 atom stereocenters. The third-order valence-corrected chi connectivity index (χ3v) is 5.63. The van der Waals surface area contributed by atoms with Crippen LogP contribution in [-0.2, 0) is 6.42 Å². The molecule has 0 aliphatic carbocycles. The van der Waals surface area contributed by atoms with E-state index in [1.807, 2.05) is 0 Å². The number of carbonyl (C=O) groups is 1. The van der Waals surface area contributed by atoms with E-state index in [0.717, 1.165) is 11.4 Å². The van der Waals surface area contributed by atoms with Gasteiger partial charge in [0.05, 0.1) is 33.0 Å². The molecule has 4 N–H and O–H groups in total. The highest BCUT2D eigenvalue weighted by atomic mass is 35.5. The van der Waals surface area contributed by atoms with Crippen LogP contribution in [0.3, 0.4) is 0 Å². The van der Waals surface area contributed by atoms with E-state index in [2.05, 4.69) is 20.4 Å². The van der Waals surface area contributed by atoms with E-state index in [-0.39, 0.29) is 18.3 Å². The molecule has 0 unspecified atom stereocenters. The van der Waals surface area contributed by atoms with Gasteiger partial charge in [0.2, 0.25) is 5.58 Å². The zero-order chi connectivity index (χ0) is 24.2. The van der Waals surface area contributed by atoms with Gasteiger partial charge < -0.3 is 30.1 Å². The summed E-state index contributed by atoms with van der Waals surface area (Å²) >= 11 is 12.5. The molecule has 0 saturated heterocycles. The summed E-state index contributed by atoms with van der Waals surface area (Å²) in [5, 5.41) is 16.6. The molecule has 176 valence electrons. The Bertz CT molecular complexity index is 1370. The first-order valence-electron chi connectivity index (χ1n) is 10.2. The Morgan fingerprint density at radius 3 is 2.91 bits per heavy atom. The quantitative estimate of drug-likeness (QED) is 0.334. The van der Waals surface area contributed by atoms with Crippen LogP contribution in [0.1, 0.15) is 16.1 Å². The van der Waals surface area contributed by atoms with Crippen LogP contribution in [0.15, 0.2) is 53.7 Å². The van der Waals surface area contributed by atoms with Crippen molar-refractivity contribution >= 4 is 51.7 Å². The van der Waals surface area contributed by atoms with Gasteiger partial charge in [-0.2, -0.15) is 0 Å². The maximum Gasteiger partial charge on any atom is 0.256 e. The number of hydrogen-bond donors (Lipinski definition) is 3. The number of pyridine rings is 1. The molecule has 3 aromatic heterocycles. The van der Waals surface area contributed by atoms with Crippen molar-refractivity contribution in [2.45, 2.75) is 6.42 Å². The number of likely N-dealkylation sites (N-methyl/N-ethyl adjacent to an activating group) is 1. The van der Waals surface area contributed by atoms with Crippen LogP contribution in [0, 0.1) is 0 Å². The fourth-order valence-corrected chi connectivity index (χ4v) is 3.80. The van der Waals surface area contributed by atoms with Gasteiger partial charge >= 0.3 is 0 Å². The Labute approximate surface area is 204 Å². The molecule has 4 rings (SSSR count). The largest absolute Gasteiger partial charge is 0.396 e. The van der Waals surface area contributed by atoms with Crippen molar-refractivity contribution in [3.63, 3.8) is 0 Å². The highest BCUT2D eigenvalue weighted by Gasteiger charge is 2.17. The average Bonchev–Trinajstić information content (AvgIpc) is 3.44. The predicted molar refractivity (Wildman–Crippen MR) is 130 cm³/mol. The molecule has 34 heavy (non-hydrogen) atoms. The lowest BCUT2D eigenvalue weighted by Crippen LogP contribution is -2.21. The van der Waals surface area contributed by atoms with Crippen LogP contribution in [-0.4, -0.2) is 50.9 Å². The van der Waals surface area contributed by atoms with Crippen molar-refractivity contribution < 1.29 is 14.4 Å². The topological polar surface area (TPSA) is 135 Å². The second kappa shape index (κ2) is 10.1. The van der Waals surface area contributed by atoms with E-state index in [0.29, 0.717) is 45.4 Å². The Kier molecular flexibility index (Phi) is 7.01. The zero-order valence-electron chi connectivity index (χ0n) is 18.1. The van der Waals surface area contributed by atoms with Crippen molar-refractivity contribution in [3.05, 3.63) is 70.5 Å². The van der Waals surface area contributed by atoms with E-state index in [1.54, 1.807) is 53.3 Å². The molecule has 1 amide bonds. The van der Waals surface area contributed by atoms with Gasteiger partial charge in [0, 0.05) is 50.9 Å². The second-order valence-corrected chi connectivity index (χ2v) is 8.18. The maximum absolute atomic E-state index is 12.6. The number of imidazole rings is 1. The molecule has 1 aromatic carbocycles.